The molecule has 0 aliphatic carbocycles. The summed E-state index contributed by atoms with van der Waals surface area (Å²) in [5, 5.41) is 11.7. The third kappa shape index (κ3) is 3.15. The monoisotopic (exact) mass is 346 g/mol. The molecule has 132 valence electrons. The summed E-state index contributed by atoms with van der Waals surface area (Å²) in [5.41, 5.74) is 2.47. The van der Waals surface area contributed by atoms with Crippen molar-refractivity contribution in [1.82, 2.24) is 9.88 Å². The lowest BCUT2D eigenvalue weighted by Gasteiger charge is -2.41. The number of ether oxygens (including phenoxy) is 1. The van der Waals surface area contributed by atoms with Gasteiger partial charge in [-0.1, -0.05) is 60.7 Å². The summed E-state index contributed by atoms with van der Waals surface area (Å²) in [4.78, 5) is 6.49. The van der Waals surface area contributed by atoms with Gasteiger partial charge in [-0.3, -0.25) is 9.88 Å². The molecule has 3 aromatic rings. The molecule has 0 unspecified atom stereocenters. The molecular formula is C22H22N2O2. The Morgan fingerprint density at radius 3 is 2.12 bits per heavy atom. The minimum absolute atomic E-state index is 0.608. The Bertz CT molecular complexity index is 831. The summed E-state index contributed by atoms with van der Waals surface area (Å²) >= 11 is 0. The first-order valence-corrected chi connectivity index (χ1v) is 8.91. The maximum Gasteiger partial charge on any atom is 0.188 e. The van der Waals surface area contributed by atoms with Crippen LogP contribution in [0.2, 0.25) is 0 Å². The first-order valence-electron chi connectivity index (χ1n) is 8.91. The maximum absolute atomic E-state index is 11.7. The molecule has 2 aromatic carbocycles. The van der Waals surface area contributed by atoms with Crippen LogP contribution in [0.1, 0.15) is 11.3 Å². The molecule has 1 aliphatic heterocycles. The lowest BCUT2D eigenvalue weighted by Crippen LogP contribution is -2.52. The van der Waals surface area contributed by atoms with E-state index in [1.165, 1.54) is 0 Å². The van der Waals surface area contributed by atoms with E-state index in [0.717, 1.165) is 16.7 Å². The van der Waals surface area contributed by atoms with Gasteiger partial charge in [-0.05, 0) is 23.3 Å². The molecule has 4 nitrogen and oxygen atoms in total. The Hall–Kier alpha value is -2.53. The number of hydrogen-bond acceptors (Lipinski definition) is 4. The second-order valence-electron chi connectivity index (χ2n) is 6.43. The number of nitrogens with zero attached hydrogens (tertiary/aromatic N) is 2. The molecule has 0 bridgehead atoms. The van der Waals surface area contributed by atoms with Gasteiger partial charge in [0.25, 0.3) is 0 Å². The topological polar surface area (TPSA) is 45.6 Å². The van der Waals surface area contributed by atoms with Crippen molar-refractivity contribution in [2.24, 2.45) is 0 Å². The number of hydrogen-bond donors (Lipinski definition) is 1. The number of rotatable bonds is 4. The van der Waals surface area contributed by atoms with E-state index < -0.39 is 5.72 Å². The summed E-state index contributed by atoms with van der Waals surface area (Å²) in [6.07, 6.45) is 1.72. The number of aliphatic hydroxyl groups is 1. The fourth-order valence-corrected chi connectivity index (χ4v) is 3.47. The molecule has 1 aliphatic rings. The van der Waals surface area contributed by atoms with Crippen LogP contribution in [-0.2, 0) is 10.5 Å². The lowest BCUT2D eigenvalue weighted by atomic mass is 9.94. The van der Waals surface area contributed by atoms with Crippen LogP contribution in [0.25, 0.3) is 11.1 Å². The van der Waals surface area contributed by atoms with Gasteiger partial charge < -0.3 is 9.84 Å². The minimum atomic E-state index is -1.26. The summed E-state index contributed by atoms with van der Waals surface area (Å²) in [6, 6.07) is 24.0. The van der Waals surface area contributed by atoms with Gasteiger partial charge in [0.15, 0.2) is 5.72 Å². The van der Waals surface area contributed by atoms with E-state index in [4.69, 9.17) is 4.74 Å². The average molecular weight is 346 g/mol. The molecule has 4 rings (SSSR count). The largest absolute Gasteiger partial charge is 0.379 e. The van der Waals surface area contributed by atoms with E-state index in [9.17, 15) is 5.11 Å². The van der Waals surface area contributed by atoms with E-state index in [-0.39, 0.29) is 0 Å². The highest BCUT2D eigenvalue weighted by molar-refractivity contribution is 5.63. The zero-order valence-corrected chi connectivity index (χ0v) is 14.6. The highest BCUT2D eigenvalue weighted by Gasteiger charge is 2.40. The van der Waals surface area contributed by atoms with Crippen LogP contribution in [0, 0.1) is 0 Å². The molecule has 1 atom stereocenters. The van der Waals surface area contributed by atoms with Crippen molar-refractivity contribution in [2.45, 2.75) is 5.72 Å². The van der Waals surface area contributed by atoms with Crippen LogP contribution in [0.3, 0.4) is 0 Å². The second-order valence-corrected chi connectivity index (χ2v) is 6.43. The fraction of sp³-hybridized carbons (Fsp3) is 0.227. The standard InChI is InChI=1S/C22H22N2O2/c25-22(21-8-4-5-13-23-21,24-14-16-26-17-15-24)20-11-9-19(10-12-20)18-6-2-1-3-7-18/h1-13,25H,14-17H2/t22-/m0/s1. The number of pyridine rings is 1. The summed E-state index contributed by atoms with van der Waals surface area (Å²) in [7, 11) is 0. The number of benzene rings is 2. The highest BCUT2D eigenvalue weighted by atomic mass is 16.5. The molecule has 1 fully saturated rings. The highest BCUT2D eigenvalue weighted by Crippen LogP contribution is 2.34. The molecular weight excluding hydrogens is 324 g/mol. The van der Waals surface area contributed by atoms with Crippen LogP contribution in [0.5, 0.6) is 0 Å². The van der Waals surface area contributed by atoms with Gasteiger partial charge in [0, 0.05) is 24.8 Å². The van der Waals surface area contributed by atoms with Crippen molar-refractivity contribution in [3.63, 3.8) is 0 Å². The van der Waals surface area contributed by atoms with Gasteiger partial charge in [-0.25, -0.2) is 0 Å². The molecule has 4 heteroatoms. The zero-order valence-electron chi connectivity index (χ0n) is 14.6. The predicted octanol–water partition coefficient (Wildman–Crippen LogP) is 3.27. The van der Waals surface area contributed by atoms with Crippen LogP contribution in [0.4, 0.5) is 0 Å². The third-order valence-corrected chi connectivity index (χ3v) is 4.89. The van der Waals surface area contributed by atoms with Crippen molar-refractivity contribution >= 4 is 0 Å². The predicted molar refractivity (Wildman–Crippen MR) is 102 cm³/mol. The van der Waals surface area contributed by atoms with Crippen molar-refractivity contribution in [2.75, 3.05) is 26.3 Å². The van der Waals surface area contributed by atoms with Crippen molar-refractivity contribution < 1.29 is 9.84 Å². The fourth-order valence-electron chi connectivity index (χ4n) is 3.47. The average Bonchev–Trinajstić information content (AvgIpc) is 2.75. The molecule has 26 heavy (non-hydrogen) atoms. The molecule has 1 aromatic heterocycles. The molecule has 1 saturated heterocycles. The first kappa shape index (κ1) is 16.9. The van der Waals surface area contributed by atoms with Crippen molar-refractivity contribution in [3.8, 4) is 11.1 Å². The van der Waals surface area contributed by atoms with Crippen LogP contribution in [-0.4, -0.2) is 41.3 Å². The van der Waals surface area contributed by atoms with Crippen molar-refractivity contribution in [1.29, 1.82) is 0 Å². The SMILES string of the molecule is O[C@@](c1ccc(-c2ccccc2)cc1)(c1ccccn1)N1CCOCC1. The summed E-state index contributed by atoms with van der Waals surface area (Å²) in [5.74, 6) is 0. The van der Waals surface area contributed by atoms with E-state index in [2.05, 4.69) is 29.2 Å². The third-order valence-electron chi connectivity index (χ3n) is 4.89. The van der Waals surface area contributed by atoms with Gasteiger partial charge in [-0.15, -0.1) is 0 Å². The summed E-state index contributed by atoms with van der Waals surface area (Å²) in [6.45, 7) is 2.54. The van der Waals surface area contributed by atoms with Gasteiger partial charge >= 0.3 is 0 Å². The Morgan fingerprint density at radius 2 is 1.46 bits per heavy atom. The summed E-state index contributed by atoms with van der Waals surface area (Å²) < 4.78 is 5.47. The number of morpholine rings is 1. The van der Waals surface area contributed by atoms with E-state index in [1.54, 1.807) is 6.20 Å². The molecule has 1 N–H and O–H groups in total. The van der Waals surface area contributed by atoms with Crippen LogP contribution >= 0.6 is 0 Å². The van der Waals surface area contributed by atoms with Gasteiger partial charge in [0.2, 0.25) is 0 Å². The lowest BCUT2D eigenvalue weighted by molar-refractivity contribution is -0.122. The maximum atomic E-state index is 11.7. The van der Waals surface area contributed by atoms with Gasteiger partial charge in [-0.2, -0.15) is 0 Å². The molecule has 0 radical (unpaired) electrons. The Morgan fingerprint density at radius 1 is 0.808 bits per heavy atom. The Labute approximate surface area is 153 Å². The molecule has 0 amide bonds. The molecule has 2 heterocycles. The van der Waals surface area contributed by atoms with Gasteiger partial charge in [0.1, 0.15) is 0 Å². The van der Waals surface area contributed by atoms with Crippen molar-refractivity contribution in [3.05, 3.63) is 90.3 Å². The first-order chi connectivity index (χ1) is 12.8. The zero-order chi connectivity index (χ0) is 17.8. The van der Waals surface area contributed by atoms with E-state index >= 15 is 0 Å². The normalized spacial score (nSPS) is 17.6. The van der Waals surface area contributed by atoms with Crippen LogP contribution in [0.15, 0.2) is 79.0 Å². The molecule has 0 spiro atoms. The quantitative estimate of drug-likeness (QED) is 0.787. The minimum Gasteiger partial charge on any atom is -0.379 e. The van der Waals surface area contributed by atoms with E-state index in [0.29, 0.717) is 32.0 Å². The Kier molecular flexibility index (Phi) is 4.80. The van der Waals surface area contributed by atoms with Crippen LogP contribution < -0.4 is 0 Å². The second kappa shape index (κ2) is 7.38. The molecule has 0 saturated carbocycles. The van der Waals surface area contributed by atoms with Gasteiger partial charge in [0.05, 0.1) is 18.9 Å². The Balaban J connectivity index is 1.74. The number of aromatic nitrogens is 1. The smallest absolute Gasteiger partial charge is 0.188 e. The van der Waals surface area contributed by atoms with E-state index in [1.807, 2.05) is 53.4 Å².